The van der Waals surface area contributed by atoms with Gasteiger partial charge in [0.1, 0.15) is 24.8 Å². The highest BCUT2D eigenvalue weighted by molar-refractivity contribution is 5.66. The number of hydrogen-bond donors (Lipinski definition) is 3. The number of nitrogens with one attached hydrogen (secondary N) is 1. The molecule has 0 saturated carbocycles. The summed E-state index contributed by atoms with van der Waals surface area (Å²) in [5, 5.41) is 20.6. The first-order chi connectivity index (χ1) is 5.20. The van der Waals surface area contributed by atoms with Gasteiger partial charge in [-0.05, 0) is 0 Å². The molecule has 0 aromatic carbocycles. The Kier molecular flexibility index (Phi) is 2.33. The first-order valence-corrected chi connectivity index (χ1v) is 3.23. The molecular weight excluding hydrogens is 150 g/mol. The molecular formula is C6H9NO4. The van der Waals surface area contributed by atoms with Crippen molar-refractivity contribution in [2.75, 3.05) is 0 Å². The predicted octanol–water partition coefficient (Wildman–Crippen LogP) is -2.55. The van der Waals surface area contributed by atoms with Crippen LogP contribution in [0.25, 0.3) is 0 Å². The summed E-state index contributed by atoms with van der Waals surface area (Å²) in [5.41, 5.74) is 0. The number of carbonyl (C=O) groups excluding carboxylic acids is 2. The van der Waals surface area contributed by atoms with Gasteiger partial charge < -0.3 is 19.8 Å². The van der Waals surface area contributed by atoms with E-state index in [0.717, 1.165) is 0 Å². The van der Waals surface area contributed by atoms with E-state index in [-0.39, 0.29) is 0 Å². The predicted molar refractivity (Wildman–Crippen MR) is 34.9 cm³/mol. The summed E-state index contributed by atoms with van der Waals surface area (Å²) < 4.78 is 0. The Bertz CT molecular complexity index is 154. The van der Waals surface area contributed by atoms with E-state index in [4.69, 9.17) is 10.2 Å². The minimum absolute atomic E-state index is 0.470. The Morgan fingerprint density at radius 1 is 1.00 bits per heavy atom. The third kappa shape index (κ3) is 1.30. The van der Waals surface area contributed by atoms with Gasteiger partial charge in [0.05, 0.1) is 12.1 Å². The lowest BCUT2D eigenvalue weighted by atomic mass is 10.1. The number of aldehydes is 2. The van der Waals surface area contributed by atoms with E-state index in [0.29, 0.717) is 12.6 Å². The average molecular weight is 159 g/mol. The molecule has 0 aromatic heterocycles. The van der Waals surface area contributed by atoms with E-state index in [1.165, 1.54) is 0 Å². The van der Waals surface area contributed by atoms with Crippen LogP contribution >= 0.6 is 0 Å². The highest BCUT2D eigenvalue weighted by Gasteiger charge is 2.40. The van der Waals surface area contributed by atoms with E-state index < -0.39 is 24.3 Å². The molecule has 5 nitrogen and oxygen atoms in total. The highest BCUT2D eigenvalue weighted by Crippen LogP contribution is 2.10. The lowest BCUT2D eigenvalue weighted by Gasteiger charge is -2.08. The molecule has 0 amide bonds. The molecule has 0 bridgehead atoms. The third-order valence-corrected chi connectivity index (χ3v) is 1.76. The molecule has 0 spiro atoms. The van der Waals surface area contributed by atoms with Gasteiger partial charge in [0.15, 0.2) is 0 Å². The Morgan fingerprint density at radius 3 is 1.55 bits per heavy atom. The Hall–Kier alpha value is -0.780. The van der Waals surface area contributed by atoms with Crippen LogP contribution in [0.1, 0.15) is 0 Å². The molecule has 1 aliphatic rings. The van der Waals surface area contributed by atoms with E-state index >= 15 is 0 Å². The smallest absolute Gasteiger partial charge is 0.139 e. The van der Waals surface area contributed by atoms with Crippen LogP contribution in [-0.2, 0) is 9.59 Å². The molecule has 62 valence electrons. The van der Waals surface area contributed by atoms with Crippen molar-refractivity contribution in [3.63, 3.8) is 0 Å². The van der Waals surface area contributed by atoms with Gasteiger partial charge in [-0.25, -0.2) is 0 Å². The summed E-state index contributed by atoms with van der Waals surface area (Å²) in [4.78, 5) is 20.4. The zero-order valence-electron chi connectivity index (χ0n) is 5.68. The topological polar surface area (TPSA) is 86.6 Å². The summed E-state index contributed by atoms with van der Waals surface area (Å²) >= 11 is 0. The molecule has 1 fully saturated rings. The summed E-state index contributed by atoms with van der Waals surface area (Å²) in [7, 11) is 0. The van der Waals surface area contributed by atoms with Gasteiger partial charge in [0, 0.05) is 0 Å². The Morgan fingerprint density at radius 2 is 1.36 bits per heavy atom. The normalized spacial score (nSPS) is 43.8. The van der Waals surface area contributed by atoms with Crippen molar-refractivity contribution >= 4 is 12.6 Å². The standard InChI is InChI=1S/C6H9NO4/c8-1-3-5(10)6(11)4(2-9)7-3/h1-7,10-11H/t3-,4-,5+,6+/m0/s1. The average Bonchev–Trinajstić information content (AvgIpc) is 2.30. The van der Waals surface area contributed by atoms with Crippen molar-refractivity contribution < 1.29 is 19.8 Å². The quantitative estimate of drug-likeness (QED) is 0.386. The minimum atomic E-state index is -1.18. The van der Waals surface area contributed by atoms with Crippen LogP contribution in [0, 0.1) is 0 Å². The first kappa shape index (κ1) is 8.32. The van der Waals surface area contributed by atoms with Crippen LogP contribution in [0.2, 0.25) is 0 Å². The first-order valence-electron chi connectivity index (χ1n) is 3.23. The van der Waals surface area contributed by atoms with Gasteiger partial charge >= 0.3 is 0 Å². The molecule has 3 N–H and O–H groups in total. The van der Waals surface area contributed by atoms with E-state index in [2.05, 4.69) is 5.32 Å². The van der Waals surface area contributed by atoms with Crippen molar-refractivity contribution in [2.24, 2.45) is 0 Å². The van der Waals surface area contributed by atoms with E-state index in [1.807, 2.05) is 0 Å². The summed E-state index contributed by atoms with van der Waals surface area (Å²) in [5.74, 6) is 0. The summed E-state index contributed by atoms with van der Waals surface area (Å²) in [6.07, 6.45) is -1.42. The molecule has 0 aliphatic carbocycles. The largest absolute Gasteiger partial charge is 0.388 e. The van der Waals surface area contributed by atoms with Crippen LogP contribution in [0.3, 0.4) is 0 Å². The monoisotopic (exact) mass is 159 g/mol. The fourth-order valence-corrected chi connectivity index (χ4v) is 1.08. The summed E-state index contributed by atoms with van der Waals surface area (Å²) in [6, 6.07) is -1.67. The molecule has 0 unspecified atom stereocenters. The van der Waals surface area contributed by atoms with Crippen molar-refractivity contribution in [3.05, 3.63) is 0 Å². The van der Waals surface area contributed by atoms with Gasteiger partial charge in [0.2, 0.25) is 0 Å². The van der Waals surface area contributed by atoms with Crippen molar-refractivity contribution in [2.45, 2.75) is 24.3 Å². The van der Waals surface area contributed by atoms with Crippen molar-refractivity contribution in [3.8, 4) is 0 Å². The molecule has 1 saturated heterocycles. The van der Waals surface area contributed by atoms with Gasteiger partial charge in [0.25, 0.3) is 0 Å². The third-order valence-electron chi connectivity index (χ3n) is 1.76. The van der Waals surface area contributed by atoms with Crippen LogP contribution in [0.15, 0.2) is 0 Å². The van der Waals surface area contributed by atoms with E-state index in [1.54, 1.807) is 0 Å². The molecule has 1 heterocycles. The second-order valence-corrected chi connectivity index (χ2v) is 2.47. The zero-order valence-corrected chi connectivity index (χ0v) is 5.68. The van der Waals surface area contributed by atoms with Gasteiger partial charge in [-0.15, -0.1) is 0 Å². The van der Waals surface area contributed by atoms with Gasteiger partial charge in [-0.1, -0.05) is 0 Å². The zero-order chi connectivity index (χ0) is 8.43. The molecule has 11 heavy (non-hydrogen) atoms. The van der Waals surface area contributed by atoms with E-state index in [9.17, 15) is 9.59 Å². The van der Waals surface area contributed by atoms with Crippen molar-refractivity contribution in [1.29, 1.82) is 0 Å². The molecule has 4 atom stereocenters. The molecule has 1 aliphatic heterocycles. The number of hydrogen-bond acceptors (Lipinski definition) is 5. The summed E-state index contributed by atoms with van der Waals surface area (Å²) in [6.45, 7) is 0. The van der Waals surface area contributed by atoms with Crippen LogP contribution in [-0.4, -0.2) is 47.1 Å². The number of carbonyl (C=O) groups is 2. The second kappa shape index (κ2) is 3.08. The number of aliphatic hydroxyl groups excluding tert-OH is 2. The SMILES string of the molecule is O=C[C@@H]1N[C@@H](C=O)[C@@H](O)[C@@H]1O. The van der Waals surface area contributed by atoms with Crippen LogP contribution in [0.5, 0.6) is 0 Å². The van der Waals surface area contributed by atoms with Gasteiger partial charge in [-0.2, -0.15) is 0 Å². The van der Waals surface area contributed by atoms with Crippen LogP contribution < -0.4 is 5.32 Å². The fourth-order valence-electron chi connectivity index (χ4n) is 1.08. The molecule has 1 rings (SSSR count). The Balaban J connectivity index is 2.67. The second-order valence-electron chi connectivity index (χ2n) is 2.47. The molecule has 0 radical (unpaired) electrons. The van der Waals surface area contributed by atoms with Crippen LogP contribution in [0.4, 0.5) is 0 Å². The van der Waals surface area contributed by atoms with Crippen molar-refractivity contribution in [1.82, 2.24) is 5.32 Å². The molecule has 5 heteroatoms. The fraction of sp³-hybridized carbons (Fsp3) is 0.667. The number of rotatable bonds is 2. The molecule has 0 aromatic rings. The lowest BCUT2D eigenvalue weighted by molar-refractivity contribution is -0.112. The number of aliphatic hydroxyl groups is 2. The van der Waals surface area contributed by atoms with Gasteiger partial charge in [-0.3, -0.25) is 5.32 Å². The maximum Gasteiger partial charge on any atom is 0.139 e. The maximum atomic E-state index is 10.2. The Labute approximate surface area is 63.0 Å². The minimum Gasteiger partial charge on any atom is -0.388 e. The highest BCUT2D eigenvalue weighted by atomic mass is 16.3. The lowest BCUT2D eigenvalue weighted by Crippen LogP contribution is -2.35. The maximum absolute atomic E-state index is 10.2.